The highest BCUT2D eigenvalue weighted by atomic mass is 19.1. The van der Waals surface area contributed by atoms with Gasteiger partial charge >= 0.3 is 0 Å². The first-order valence-corrected chi connectivity index (χ1v) is 10.5. The van der Waals surface area contributed by atoms with Crippen LogP contribution in [0.4, 0.5) is 15.8 Å². The van der Waals surface area contributed by atoms with Crippen LogP contribution in [0.3, 0.4) is 0 Å². The Morgan fingerprint density at radius 1 is 1.10 bits per heavy atom. The van der Waals surface area contributed by atoms with E-state index in [1.54, 1.807) is 4.90 Å². The minimum Gasteiger partial charge on any atom is -0.377 e. The van der Waals surface area contributed by atoms with Gasteiger partial charge in [0.25, 0.3) is 5.91 Å². The van der Waals surface area contributed by atoms with Crippen LogP contribution in [0.1, 0.15) is 48.5 Å². The number of amides is 2. The predicted molar refractivity (Wildman–Crippen MR) is 118 cm³/mol. The first-order chi connectivity index (χ1) is 14.4. The average molecular weight is 412 g/mol. The number of carbonyl (C=O) groups is 2. The maximum Gasteiger partial charge on any atom is 0.254 e. The Morgan fingerprint density at radius 2 is 1.80 bits per heavy atom. The quantitative estimate of drug-likeness (QED) is 0.686. The normalized spacial score (nSPS) is 13.5. The van der Waals surface area contributed by atoms with E-state index in [2.05, 4.69) is 5.32 Å². The molecule has 2 aromatic rings. The Bertz CT molecular complexity index is 892. The van der Waals surface area contributed by atoms with Gasteiger partial charge in [0.2, 0.25) is 5.91 Å². The lowest BCUT2D eigenvalue weighted by molar-refractivity contribution is -0.122. The van der Waals surface area contributed by atoms with Crippen LogP contribution in [0, 0.1) is 11.7 Å². The van der Waals surface area contributed by atoms with E-state index < -0.39 is 0 Å². The molecule has 0 spiro atoms. The predicted octanol–water partition coefficient (Wildman–Crippen LogP) is 4.68. The third kappa shape index (κ3) is 5.17. The third-order valence-corrected chi connectivity index (χ3v) is 5.54. The zero-order valence-corrected chi connectivity index (χ0v) is 18.0. The molecule has 0 saturated heterocycles. The topological polar surface area (TPSA) is 52.7 Å². The summed E-state index contributed by atoms with van der Waals surface area (Å²) >= 11 is 0. The average Bonchev–Trinajstić information content (AvgIpc) is 2.66. The summed E-state index contributed by atoms with van der Waals surface area (Å²) in [5, 5.41) is 3.02. The molecule has 2 aromatic carbocycles. The Morgan fingerprint density at radius 3 is 2.37 bits per heavy atom. The van der Waals surface area contributed by atoms with Crippen molar-refractivity contribution in [3.05, 3.63) is 59.4 Å². The highest BCUT2D eigenvalue weighted by molar-refractivity contribution is 5.95. The van der Waals surface area contributed by atoms with Gasteiger partial charge in [0.15, 0.2) is 0 Å². The van der Waals surface area contributed by atoms with Crippen LogP contribution in [0.5, 0.6) is 0 Å². The van der Waals surface area contributed by atoms with Crippen molar-refractivity contribution in [1.82, 2.24) is 4.90 Å². The van der Waals surface area contributed by atoms with E-state index in [0.717, 1.165) is 42.6 Å². The zero-order valence-electron chi connectivity index (χ0n) is 18.0. The standard InChI is InChI=1S/C24H30FN3O2/c1-4-14-28(24(30)18-8-10-20(25)11-9-18)16-19-15-21(12-13-22(19)27(2)3)26-23(29)17-6-5-7-17/h8-13,15,17H,4-7,14,16H2,1-3H3,(H,26,29). The molecule has 6 heteroatoms. The second-order valence-corrected chi connectivity index (χ2v) is 8.09. The van der Waals surface area contributed by atoms with E-state index in [-0.39, 0.29) is 23.5 Å². The highest BCUT2D eigenvalue weighted by Crippen LogP contribution is 2.29. The van der Waals surface area contributed by atoms with E-state index in [1.165, 1.54) is 24.3 Å². The molecule has 160 valence electrons. The number of anilines is 2. The first-order valence-electron chi connectivity index (χ1n) is 10.5. The molecule has 1 fully saturated rings. The Hall–Kier alpha value is -2.89. The number of nitrogens with zero attached hydrogens (tertiary/aromatic N) is 2. The van der Waals surface area contributed by atoms with Gasteiger partial charge < -0.3 is 15.1 Å². The van der Waals surface area contributed by atoms with Gasteiger partial charge in [-0.1, -0.05) is 13.3 Å². The summed E-state index contributed by atoms with van der Waals surface area (Å²) in [5.74, 6) is -0.319. The molecule has 0 aliphatic heterocycles. The smallest absolute Gasteiger partial charge is 0.254 e. The molecule has 0 atom stereocenters. The van der Waals surface area contributed by atoms with Gasteiger partial charge in [-0.25, -0.2) is 4.39 Å². The van der Waals surface area contributed by atoms with Gasteiger partial charge in [-0.05, 0) is 67.3 Å². The second kappa shape index (κ2) is 9.74. The van der Waals surface area contributed by atoms with Crippen LogP contribution >= 0.6 is 0 Å². The summed E-state index contributed by atoms with van der Waals surface area (Å²) < 4.78 is 13.3. The number of halogens is 1. The summed E-state index contributed by atoms with van der Waals surface area (Å²) in [5.41, 5.74) is 3.16. The molecule has 2 amide bonds. The molecule has 0 heterocycles. The maximum atomic E-state index is 13.3. The van der Waals surface area contributed by atoms with E-state index >= 15 is 0 Å². The van der Waals surface area contributed by atoms with Crippen molar-refractivity contribution in [2.24, 2.45) is 5.92 Å². The largest absolute Gasteiger partial charge is 0.377 e. The Labute approximate surface area is 177 Å². The summed E-state index contributed by atoms with van der Waals surface area (Å²) in [6, 6.07) is 11.5. The molecule has 0 aromatic heterocycles. The van der Waals surface area contributed by atoms with Gasteiger partial charge in [-0.15, -0.1) is 0 Å². The minimum absolute atomic E-state index is 0.0672. The van der Waals surface area contributed by atoms with Crippen LogP contribution in [0.2, 0.25) is 0 Å². The van der Waals surface area contributed by atoms with Crippen LogP contribution in [0.25, 0.3) is 0 Å². The lowest BCUT2D eigenvalue weighted by Crippen LogP contribution is -2.32. The van der Waals surface area contributed by atoms with Crippen molar-refractivity contribution >= 4 is 23.2 Å². The summed E-state index contributed by atoms with van der Waals surface area (Å²) in [6.45, 7) is 3.01. The van der Waals surface area contributed by atoms with Crippen LogP contribution in [-0.2, 0) is 11.3 Å². The minimum atomic E-state index is -0.363. The summed E-state index contributed by atoms with van der Waals surface area (Å²) in [6.07, 6.45) is 3.82. The van der Waals surface area contributed by atoms with Crippen molar-refractivity contribution in [3.8, 4) is 0 Å². The number of nitrogens with one attached hydrogen (secondary N) is 1. The molecule has 0 bridgehead atoms. The molecular weight excluding hydrogens is 381 g/mol. The van der Waals surface area contributed by atoms with E-state index in [4.69, 9.17) is 0 Å². The second-order valence-electron chi connectivity index (χ2n) is 8.09. The van der Waals surface area contributed by atoms with Crippen molar-refractivity contribution < 1.29 is 14.0 Å². The number of rotatable bonds is 8. The lowest BCUT2D eigenvalue weighted by Gasteiger charge is -2.27. The van der Waals surface area contributed by atoms with Gasteiger partial charge in [-0.3, -0.25) is 9.59 Å². The SMILES string of the molecule is CCCN(Cc1cc(NC(=O)C2CCC2)ccc1N(C)C)C(=O)c1ccc(F)cc1. The van der Waals surface area contributed by atoms with Gasteiger partial charge in [0, 0.05) is 50.0 Å². The Kier molecular flexibility index (Phi) is 7.08. The fraction of sp³-hybridized carbons (Fsp3) is 0.417. The van der Waals surface area contributed by atoms with Crippen molar-refractivity contribution in [2.75, 3.05) is 30.9 Å². The molecule has 1 aliphatic rings. The molecule has 0 unspecified atom stereocenters. The van der Waals surface area contributed by atoms with E-state index in [9.17, 15) is 14.0 Å². The van der Waals surface area contributed by atoms with Crippen LogP contribution in [-0.4, -0.2) is 37.4 Å². The number of benzene rings is 2. The number of hydrogen-bond donors (Lipinski definition) is 1. The molecule has 30 heavy (non-hydrogen) atoms. The van der Waals surface area contributed by atoms with Gasteiger partial charge in [0.05, 0.1) is 0 Å². The maximum absolute atomic E-state index is 13.3. The molecule has 0 radical (unpaired) electrons. The molecule has 3 rings (SSSR count). The van der Waals surface area contributed by atoms with E-state index in [0.29, 0.717) is 18.7 Å². The monoisotopic (exact) mass is 411 g/mol. The highest BCUT2D eigenvalue weighted by Gasteiger charge is 2.25. The number of hydrogen-bond acceptors (Lipinski definition) is 3. The summed E-state index contributed by atoms with van der Waals surface area (Å²) in [7, 11) is 3.91. The van der Waals surface area contributed by atoms with Crippen LogP contribution in [0.15, 0.2) is 42.5 Å². The van der Waals surface area contributed by atoms with Crippen molar-refractivity contribution in [1.29, 1.82) is 0 Å². The third-order valence-electron chi connectivity index (χ3n) is 5.54. The van der Waals surface area contributed by atoms with Crippen molar-refractivity contribution in [2.45, 2.75) is 39.2 Å². The summed E-state index contributed by atoms with van der Waals surface area (Å²) in [4.78, 5) is 29.2. The number of carbonyl (C=O) groups excluding carboxylic acids is 2. The molecule has 1 saturated carbocycles. The van der Waals surface area contributed by atoms with Gasteiger partial charge in [-0.2, -0.15) is 0 Å². The van der Waals surface area contributed by atoms with Crippen LogP contribution < -0.4 is 10.2 Å². The fourth-order valence-electron chi connectivity index (χ4n) is 3.64. The molecule has 1 N–H and O–H groups in total. The molecular formula is C24H30FN3O2. The Balaban J connectivity index is 1.84. The van der Waals surface area contributed by atoms with E-state index in [1.807, 2.05) is 44.1 Å². The molecule has 5 nitrogen and oxygen atoms in total. The fourth-order valence-corrected chi connectivity index (χ4v) is 3.64. The van der Waals surface area contributed by atoms with Gasteiger partial charge in [0.1, 0.15) is 5.82 Å². The lowest BCUT2D eigenvalue weighted by atomic mass is 9.85. The first kappa shape index (κ1) is 21.8. The zero-order chi connectivity index (χ0) is 21.7. The molecule has 1 aliphatic carbocycles. The van der Waals surface area contributed by atoms with Crippen molar-refractivity contribution in [3.63, 3.8) is 0 Å².